The molecule has 0 radical (unpaired) electrons. The van der Waals surface area contributed by atoms with E-state index in [9.17, 15) is 9.18 Å². The molecule has 0 bridgehead atoms. The summed E-state index contributed by atoms with van der Waals surface area (Å²) in [4.78, 5) is 15.5. The lowest BCUT2D eigenvalue weighted by atomic mass is 10.2. The van der Waals surface area contributed by atoms with Gasteiger partial charge in [0, 0.05) is 12.4 Å². The fourth-order valence-electron chi connectivity index (χ4n) is 2.68. The lowest BCUT2D eigenvalue weighted by Gasteiger charge is -2.07. The minimum absolute atomic E-state index is 0.0574. The van der Waals surface area contributed by atoms with Crippen molar-refractivity contribution in [3.63, 3.8) is 0 Å². The number of aliphatic hydroxyl groups excluding tert-OH is 1. The first-order valence-electron chi connectivity index (χ1n) is 9.84. The Labute approximate surface area is 180 Å². The third-order valence-corrected chi connectivity index (χ3v) is 4.12. The summed E-state index contributed by atoms with van der Waals surface area (Å²) in [5, 5.41) is 12.0. The van der Waals surface area contributed by atoms with Crippen molar-refractivity contribution in [1.29, 1.82) is 0 Å². The molecule has 31 heavy (non-hydrogen) atoms. The molecule has 162 valence electrons. The van der Waals surface area contributed by atoms with Crippen LogP contribution >= 0.6 is 0 Å². The maximum atomic E-state index is 14.0. The van der Waals surface area contributed by atoms with Crippen molar-refractivity contribution in [3.8, 4) is 0 Å². The van der Waals surface area contributed by atoms with Crippen LogP contribution in [0.5, 0.6) is 0 Å². The van der Waals surface area contributed by atoms with Crippen LogP contribution in [-0.2, 0) is 6.61 Å². The van der Waals surface area contributed by atoms with Crippen molar-refractivity contribution in [2.75, 3.05) is 5.32 Å². The van der Waals surface area contributed by atoms with Crippen LogP contribution in [0.4, 0.5) is 15.8 Å². The molecule has 2 aromatic heterocycles. The van der Waals surface area contributed by atoms with E-state index >= 15 is 0 Å². The zero-order valence-corrected chi connectivity index (χ0v) is 17.7. The smallest absolute Gasteiger partial charge is 0.286 e. The summed E-state index contributed by atoms with van der Waals surface area (Å²) < 4.78 is 19.3. The highest BCUT2D eigenvalue weighted by Crippen LogP contribution is 2.33. The SMILES string of the molecule is CC.Cc1ccc(Nc2c(C(N)=O)oc3ccncc23)c(F)c1.OCc1ccccc1. The molecule has 4 aromatic rings. The highest BCUT2D eigenvalue weighted by Gasteiger charge is 2.19. The van der Waals surface area contributed by atoms with E-state index in [4.69, 9.17) is 15.3 Å². The molecule has 0 unspecified atom stereocenters. The Morgan fingerprint density at radius 1 is 1.16 bits per heavy atom. The molecule has 0 aliphatic rings. The van der Waals surface area contributed by atoms with Crippen molar-refractivity contribution < 1.29 is 18.7 Å². The zero-order chi connectivity index (χ0) is 22.8. The fraction of sp³-hybridized carbons (Fsp3) is 0.167. The number of nitrogens with zero attached hydrogens (tertiary/aromatic N) is 1. The number of fused-ring (bicyclic) bond motifs is 1. The molecule has 0 aliphatic heterocycles. The molecule has 4 rings (SSSR count). The molecule has 2 aromatic carbocycles. The fourth-order valence-corrected chi connectivity index (χ4v) is 2.68. The first kappa shape index (κ1) is 23.6. The number of primary amides is 1. The first-order valence-corrected chi connectivity index (χ1v) is 9.84. The Hall–Kier alpha value is -3.71. The molecule has 0 saturated carbocycles. The third kappa shape index (κ3) is 6.13. The molecule has 7 heteroatoms. The summed E-state index contributed by atoms with van der Waals surface area (Å²) in [5.74, 6) is -1.22. The average Bonchev–Trinajstić information content (AvgIpc) is 3.17. The Bertz CT molecular complexity index is 1130. The van der Waals surface area contributed by atoms with E-state index in [1.807, 2.05) is 44.2 Å². The number of furan rings is 1. The number of carbonyl (C=O) groups excluding carboxylic acids is 1. The second-order valence-electron chi connectivity index (χ2n) is 6.29. The molecular weight excluding hydrogens is 397 g/mol. The van der Waals surface area contributed by atoms with Crippen LogP contribution in [0, 0.1) is 12.7 Å². The number of carbonyl (C=O) groups is 1. The normalized spacial score (nSPS) is 9.84. The highest BCUT2D eigenvalue weighted by molar-refractivity contribution is 6.06. The number of benzene rings is 2. The maximum absolute atomic E-state index is 14.0. The summed E-state index contributed by atoms with van der Waals surface area (Å²) in [7, 11) is 0. The van der Waals surface area contributed by atoms with Crippen molar-refractivity contribution in [2.24, 2.45) is 5.73 Å². The Morgan fingerprint density at radius 3 is 2.45 bits per heavy atom. The van der Waals surface area contributed by atoms with E-state index in [0.29, 0.717) is 16.7 Å². The van der Waals surface area contributed by atoms with Crippen LogP contribution in [0.2, 0.25) is 0 Å². The first-order chi connectivity index (χ1) is 15.0. The number of halogens is 1. The Kier molecular flexibility index (Phi) is 8.72. The molecule has 0 atom stereocenters. The molecule has 6 nitrogen and oxygen atoms in total. The number of nitrogens with one attached hydrogen (secondary N) is 1. The third-order valence-electron chi connectivity index (χ3n) is 4.12. The van der Waals surface area contributed by atoms with E-state index in [1.54, 1.807) is 25.1 Å². The van der Waals surface area contributed by atoms with E-state index in [2.05, 4.69) is 10.3 Å². The topological polar surface area (TPSA) is 101 Å². The highest BCUT2D eigenvalue weighted by atomic mass is 19.1. The second kappa shape index (κ2) is 11.5. The van der Waals surface area contributed by atoms with Gasteiger partial charge in [-0.2, -0.15) is 0 Å². The quantitative estimate of drug-likeness (QED) is 0.412. The second-order valence-corrected chi connectivity index (χ2v) is 6.29. The lowest BCUT2D eigenvalue weighted by molar-refractivity contribution is 0.0977. The van der Waals surface area contributed by atoms with Gasteiger partial charge >= 0.3 is 0 Å². The Balaban J connectivity index is 0.000000286. The number of anilines is 2. The average molecular weight is 423 g/mol. The van der Waals surface area contributed by atoms with Gasteiger partial charge < -0.3 is 20.6 Å². The molecule has 0 saturated heterocycles. The molecular formula is C24H26FN3O3. The molecule has 2 heterocycles. The lowest BCUT2D eigenvalue weighted by Crippen LogP contribution is -2.11. The zero-order valence-electron chi connectivity index (χ0n) is 17.7. The van der Waals surface area contributed by atoms with Crippen LogP contribution < -0.4 is 11.1 Å². The molecule has 4 N–H and O–H groups in total. The summed E-state index contributed by atoms with van der Waals surface area (Å²) in [6, 6.07) is 15.9. The van der Waals surface area contributed by atoms with Crippen molar-refractivity contribution >= 4 is 28.3 Å². The van der Waals surface area contributed by atoms with Gasteiger partial charge in [-0.15, -0.1) is 0 Å². The van der Waals surface area contributed by atoms with E-state index in [1.165, 1.54) is 18.5 Å². The van der Waals surface area contributed by atoms with Gasteiger partial charge in [-0.25, -0.2) is 4.39 Å². The minimum atomic E-state index is -0.735. The maximum Gasteiger partial charge on any atom is 0.286 e. The minimum Gasteiger partial charge on any atom is -0.448 e. The summed E-state index contributed by atoms with van der Waals surface area (Å²) in [6.45, 7) is 5.93. The van der Waals surface area contributed by atoms with Gasteiger partial charge in [0.25, 0.3) is 5.91 Å². The van der Waals surface area contributed by atoms with Gasteiger partial charge in [-0.1, -0.05) is 50.2 Å². The van der Waals surface area contributed by atoms with Crippen LogP contribution in [0.15, 0.2) is 71.4 Å². The van der Waals surface area contributed by atoms with E-state index in [0.717, 1.165) is 11.1 Å². The number of amides is 1. The predicted molar refractivity (Wildman–Crippen MR) is 121 cm³/mol. The van der Waals surface area contributed by atoms with Crippen molar-refractivity contribution in [2.45, 2.75) is 27.4 Å². The standard InChI is InChI=1S/C15H12FN3O2.C7H8O.C2H6/c1-8-2-3-11(10(16)6-8)19-13-9-7-18-5-4-12(9)21-14(13)15(17)20;8-6-7-4-2-1-3-5-7;1-2/h2-7,19H,1H3,(H2,17,20);1-5,8H,6H2;1-2H3. The van der Waals surface area contributed by atoms with Crippen LogP contribution in [-0.4, -0.2) is 16.0 Å². The molecule has 0 spiro atoms. The monoisotopic (exact) mass is 423 g/mol. The van der Waals surface area contributed by atoms with Crippen molar-refractivity contribution in [3.05, 3.63) is 89.7 Å². The van der Waals surface area contributed by atoms with Crippen molar-refractivity contribution in [1.82, 2.24) is 4.98 Å². The summed E-state index contributed by atoms with van der Waals surface area (Å²) in [6.07, 6.45) is 3.06. The van der Waals surface area contributed by atoms with Crippen LogP contribution in [0.3, 0.4) is 0 Å². The Morgan fingerprint density at radius 2 is 1.87 bits per heavy atom. The number of pyridine rings is 1. The van der Waals surface area contributed by atoms with Crippen LogP contribution in [0.1, 0.15) is 35.5 Å². The van der Waals surface area contributed by atoms with Gasteiger partial charge in [-0.05, 0) is 36.2 Å². The number of nitrogens with two attached hydrogens (primary N) is 1. The van der Waals surface area contributed by atoms with Gasteiger partial charge in [0.05, 0.1) is 17.7 Å². The number of aliphatic hydroxyl groups is 1. The van der Waals surface area contributed by atoms with Crippen LogP contribution in [0.25, 0.3) is 11.0 Å². The largest absolute Gasteiger partial charge is 0.448 e. The van der Waals surface area contributed by atoms with E-state index < -0.39 is 11.7 Å². The number of hydrogen-bond donors (Lipinski definition) is 3. The van der Waals surface area contributed by atoms with Gasteiger partial charge in [0.15, 0.2) is 0 Å². The summed E-state index contributed by atoms with van der Waals surface area (Å²) in [5.41, 5.74) is 8.07. The number of aryl methyl sites for hydroxylation is 1. The number of rotatable bonds is 4. The molecule has 0 aliphatic carbocycles. The van der Waals surface area contributed by atoms with Gasteiger partial charge in [0.1, 0.15) is 17.1 Å². The summed E-state index contributed by atoms with van der Waals surface area (Å²) >= 11 is 0. The van der Waals surface area contributed by atoms with E-state index in [-0.39, 0.29) is 18.1 Å². The van der Waals surface area contributed by atoms with Gasteiger partial charge in [-0.3, -0.25) is 9.78 Å². The van der Waals surface area contributed by atoms with Gasteiger partial charge in [0.2, 0.25) is 5.76 Å². The number of aromatic nitrogens is 1. The molecule has 1 amide bonds. The number of hydrogen-bond acceptors (Lipinski definition) is 5. The molecule has 0 fully saturated rings. The predicted octanol–water partition coefficient (Wildman–Crippen LogP) is 5.32.